The lowest BCUT2D eigenvalue weighted by atomic mass is 9.83. The number of fused-ring (bicyclic) bond motifs is 3. The van der Waals surface area contributed by atoms with Crippen LogP contribution in [0, 0.1) is 5.92 Å². The number of benzene rings is 2. The minimum atomic E-state index is -0.930. The van der Waals surface area contributed by atoms with Gasteiger partial charge in [0.1, 0.15) is 6.61 Å². The molecule has 0 unspecified atom stereocenters. The summed E-state index contributed by atoms with van der Waals surface area (Å²) < 4.78 is 5.68. The van der Waals surface area contributed by atoms with E-state index in [0.717, 1.165) is 30.4 Å². The maximum absolute atomic E-state index is 13.0. The molecule has 2 aliphatic rings. The average molecular weight is 479 g/mol. The van der Waals surface area contributed by atoms with Gasteiger partial charge in [0.2, 0.25) is 5.91 Å². The third kappa shape index (κ3) is 5.84. The van der Waals surface area contributed by atoms with E-state index in [-0.39, 0.29) is 30.9 Å². The Balaban J connectivity index is 1.37. The first kappa shape index (κ1) is 24.8. The van der Waals surface area contributed by atoms with Gasteiger partial charge < -0.3 is 20.5 Å². The Bertz CT molecular complexity index is 1020. The van der Waals surface area contributed by atoms with Crippen LogP contribution >= 0.6 is 0 Å². The van der Waals surface area contributed by atoms with E-state index in [9.17, 15) is 14.4 Å². The zero-order valence-electron chi connectivity index (χ0n) is 20.2. The second-order valence-corrected chi connectivity index (χ2v) is 9.56. The molecule has 2 aromatic carbocycles. The number of carbonyl (C=O) groups excluding carboxylic acids is 2. The summed E-state index contributed by atoms with van der Waals surface area (Å²) in [7, 11) is 0. The Labute approximate surface area is 206 Å². The fourth-order valence-electron chi connectivity index (χ4n) is 5.50. The van der Waals surface area contributed by atoms with E-state index >= 15 is 0 Å². The van der Waals surface area contributed by atoms with Gasteiger partial charge in [-0.1, -0.05) is 74.7 Å². The van der Waals surface area contributed by atoms with Crippen molar-refractivity contribution in [3.63, 3.8) is 0 Å². The number of carboxylic acid groups (broad SMARTS) is 1. The fraction of sp³-hybridized carbons (Fsp3) is 0.464. The Morgan fingerprint density at radius 3 is 2.26 bits per heavy atom. The van der Waals surface area contributed by atoms with Crippen molar-refractivity contribution < 1.29 is 24.2 Å². The molecule has 0 aliphatic heterocycles. The molecule has 4 rings (SSSR count). The van der Waals surface area contributed by atoms with E-state index in [1.807, 2.05) is 31.2 Å². The van der Waals surface area contributed by atoms with Crippen LogP contribution in [0.4, 0.5) is 4.79 Å². The molecule has 0 saturated heterocycles. The first-order chi connectivity index (χ1) is 17.0. The molecule has 0 aromatic heterocycles. The lowest BCUT2D eigenvalue weighted by Crippen LogP contribution is -2.50. The van der Waals surface area contributed by atoms with Crippen molar-refractivity contribution in [2.45, 2.75) is 69.9 Å². The highest BCUT2D eigenvalue weighted by atomic mass is 16.5. The van der Waals surface area contributed by atoms with Gasteiger partial charge in [-0.3, -0.25) is 9.59 Å². The largest absolute Gasteiger partial charge is 0.481 e. The Hall–Kier alpha value is -3.35. The van der Waals surface area contributed by atoms with Crippen LogP contribution in [0.1, 0.15) is 68.9 Å². The minimum absolute atomic E-state index is 0.0237. The maximum atomic E-state index is 13.0. The average Bonchev–Trinajstić information content (AvgIpc) is 3.16. The van der Waals surface area contributed by atoms with Crippen LogP contribution in [-0.4, -0.2) is 41.8 Å². The number of alkyl carbamates (subject to hydrolysis) is 1. The molecule has 3 N–H and O–H groups in total. The Kier molecular flexibility index (Phi) is 8.06. The number of nitrogens with one attached hydrogen (secondary N) is 2. The summed E-state index contributed by atoms with van der Waals surface area (Å²) in [6.45, 7) is 2.18. The van der Waals surface area contributed by atoms with Crippen molar-refractivity contribution >= 4 is 18.0 Å². The van der Waals surface area contributed by atoms with Crippen molar-refractivity contribution in [3.05, 3.63) is 59.7 Å². The third-order valence-electron chi connectivity index (χ3n) is 7.15. The summed E-state index contributed by atoms with van der Waals surface area (Å²) in [5.74, 6) is -1.53. The van der Waals surface area contributed by atoms with E-state index in [4.69, 9.17) is 9.84 Å². The van der Waals surface area contributed by atoms with E-state index in [0.29, 0.717) is 19.3 Å². The zero-order chi connectivity index (χ0) is 24.8. The molecule has 1 saturated carbocycles. The molecule has 35 heavy (non-hydrogen) atoms. The van der Waals surface area contributed by atoms with Gasteiger partial charge in [0.05, 0.1) is 12.3 Å². The quantitative estimate of drug-likeness (QED) is 0.478. The Morgan fingerprint density at radius 1 is 1.00 bits per heavy atom. The van der Waals surface area contributed by atoms with E-state index < -0.39 is 24.0 Å². The highest BCUT2D eigenvalue weighted by Crippen LogP contribution is 2.44. The monoisotopic (exact) mass is 478 g/mol. The standard InChI is InChI=1S/C28H34N2O5/c1-2-9-18(16-26(31)32)29-27(33)23-14-7-8-15-25(23)30-28(34)35-17-24-21-12-5-3-10-19(21)20-11-4-6-13-22(20)24/h3-6,10-13,18,23-25H,2,7-9,14-17H2,1H3,(H,29,33)(H,30,34)(H,31,32)/t18-,23-,25+/m0/s1. The van der Waals surface area contributed by atoms with Gasteiger partial charge in [-0.05, 0) is 41.5 Å². The lowest BCUT2D eigenvalue weighted by molar-refractivity contribution is -0.138. The van der Waals surface area contributed by atoms with Crippen LogP contribution in [0.15, 0.2) is 48.5 Å². The molecule has 1 fully saturated rings. The van der Waals surface area contributed by atoms with Crippen LogP contribution in [-0.2, 0) is 14.3 Å². The van der Waals surface area contributed by atoms with Gasteiger partial charge in [0.25, 0.3) is 0 Å². The lowest BCUT2D eigenvalue weighted by Gasteiger charge is -2.32. The zero-order valence-corrected chi connectivity index (χ0v) is 20.2. The molecule has 2 aliphatic carbocycles. The predicted octanol–water partition coefficient (Wildman–Crippen LogP) is 4.84. The number of rotatable bonds is 9. The summed E-state index contributed by atoms with van der Waals surface area (Å²) in [5, 5.41) is 15.0. The van der Waals surface area contributed by atoms with Crippen molar-refractivity contribution in [2.24, 2.45) is 5.92 Å². The molecule has 2 aromatic rings. The second-order valence-electron chi connectivity index (χ2n) is 9.56. The Morgan fingerprint density at radius 2 is 1.63 bits per heavy atom. The molecular formula is C28H34N2O5. The van der Waals surface area contributed by atoms with Crippen LogP contribution < -0.4 is 10.6 Å². The number of carbonyl (C=O) groups is 3. The van der Waals surface area contributed by atoms with Crippen molar-refractivity contribution in [1.82, 2.24) is 10.6 Å². The number of ether oxygens (including phenoxy) is 1. The molecule has 3 atom stereocenters. The first-order valence-electron chi connectivity index (χ1n) is 12.6. The number of hydrogen-bond acceptors (Lipinski definition) is 4. The van der Waals surface area contributed by atoms with Gasteiger partial charge in [-0.15, -0.1) is 0 Å². The maximum Gasteiger partial charge on any atom is 0.407 e. The highest BCUT2D eigenvalue weighted by Gasteiger charge is 2.34. The summed E-state index contributed by atoms with van der Waals surface area (Å²) in [5.41, 5.74) is 4.64. The van der Waals surface area contributed by atoms with Crippen molar-refractivity contribution in [2.75, 3.05) is 6.61 Å². The molecule has 7 nitrogen and oxygen atoms in total. The third-order valence-corrected chi connectivity index (χ3v) is 7.15. The summed E-state index contributed by atoms with van der Waals surface area (Å²) in [4.78, 5) is 37.0. The fourth-order valence-corrected chi connectivity index (χ4v) is 5.50. The summed E-state index contributed by atoms with van der Waals surface area (Å²) >= 11 is 0. The van der Waals surface area contributed by atoms with E-state index in [1.165, 1.54) is 11.1 Å². The first-order valence-corrected chi connectivity index (χ1v) is 12.6. The number of carboxylic acids is 1. The molecule has 7 heteroatoms. The predicted molar refractivity (Wildman–Crippen MR) is 133 cm³/mol. The van der Waals surface area contributed by atoms with Crippen LogP contribution in [0.2, 0.25) is 0 Å². The van der Waals surface area contributed by atoms with Gasteiger partial charge in [0, 0.05) is 18.0 Å². The molecular weight excluding hydrogens is 444 g/mol. The number of hydrogen-bond donors (Lipinski definition) is 3. The molecule has 186 valence electrons. The summed E-state index contributed by atoms with van der Waals surface area (Å²) in [6, 6.07) is 15.6. The van der Waals surface area contributed by atoms with Crippen molar-refractivity contribution in [1.29, 1.82) is 0 Å². The molecule has 0 radical (unpaired) electrons. The van der Waals surface area contributed by atoms with Crippen LogP contribution in [0.25, 0.3) is 11.1 Å². The molecule has 0 heterocycles. The molecule has 0 spiro atoms. The van der Waals surface area contributed by atoms with Gasteiger partial charge in [0.15, 0.2) is 0 Å². The normalized spacial score (nSPS) is 19.8. The van der Waals surface area contributed by atoms with Gasteiger partial charge >= 0.3 is 12.1 Å². The van der Waals surface area contributed by atoms with Gasteiger partial charge in [-0.2, -0.15) is 0 Å². The smallest absolute Gasteiger partial charge is 0.407 e. The summed E-state index contributed by atoms with van der Waals surface area (Å²) in [6.07, 6.45) is 3.94. The highest BCUT2D eigenvalue weighted by molar-refractivity contribution is 5.82. The SMILES string of the molecule is CCC[C@@H](CC(=O)O)NC(=O)[C@H]1CCCC[C@H]1NC(=O)OCC1c2ccccc2-c2ccccc21. The van der Waals surface area contributed by atoms with Crippen LogP contribution in [0.5, 0.6) is 0 Å². The number of amides is 2. The molecule has 0 bridgehead atoms. The topological polar surface area (TPSA) is 105 Å². The number of aliphatic carboxylic acids is 1. The van der Waals surface area contributed by atoms with Crippen LogP contribution in [0.3, 0.4) is 0 Å². The van der Waals surface area contributed by atoms with E-state index in [1.54, 1.807) is 0 Å². The molecule has 2 amide bonds. The minimum Gasteiger partial charge on any atom is -0.481 e. The van der Waals surface area contributed by atoms with E-state index in [2.05, 4.69) is 34.9 Å². The second kappa shape index (κ2) is 11.4. The van der Waals surface area contributed by atoms with Crippen molar-refractivity contribution in [3.8, 4) is 11.1 Å². The van der Waals surface area contributed by atoms with Gasteiger partial charge in [-0.25, -0.2) is 4.79 Å².